The molecule has 1 fully saturated rings. The van der Waals surface area contributed by atoms with Crippen molar-refractivity contribution in [2.75, 3.05) is 10.6 Å². The number of benzene rings is 1. The Morgan fingerprint density at radius 1 is 1.36 bits per heavy atom. The molecular weight excluding hydrogens is 376 g/mol. The van der Waals surface area contributed by atoms with Crippen molar-refractivity contribution in [3.05, 3.63) is 51.7 Å². The van der Waals surface area contributed by atoms with Gasteiger partial charge in [0.2, 0.25) is 0 Å². The molecule has 4 rings (SSSR count). The number of anilines is 3. The van der Waals surface area contributed by atoms with Gasteiger partial charge in [0.15, 0.2) is 0 Å². The Labute approximate surface area is 167 Å². The van der Waals surface area contributed by atoms with E-state index in [9.17, 15) is 10.1 Å². The number of fused-ring (bicyclic) bond motifs is 1. The number of halogens is 1. The zero-order chi connectivity index (χ0) is 19.8. The lowest BCUT2D eigenvalue weighted by molar-refractivity contribution is 0.689. The average molecular weight is 395 g/mol. The van der Waals surface area contributed by atoms with Crippen molar-refractivity contribution < 1.29 is 0 Å². The van der Waals surface area contributed by atoms with E-state index in [1.807, 2.05) is 18.2 Å². The second-order valence-corrected chi connectivity index (χ2v) is 7.42. The van der Waals surface area contributed by atoms with Crippen molar-refractivity contribution in [3.8, 4) is 6.07 Å². The third kappa shape index (κ3) is 3.39. The van der Waals surface area contributed by atoms with E-state index in [0.29, 0.717) is 17.4 Å². The molecule has 0 aliphatic heterocycles. The molecule has 0 amide bonds. The van der Waals surface area contributed by atoms with Crippen molar-refractivity contribution >= 4 is 39.7 Å². The first-order valence-corrected chi connectivity index (χ1v) is 9.44. The van der Waals surface area contributed by atoms with Crippen LogP contribution in [0.3, 0.4) is 0 Å². The SMILES string of the molecule is C[C@@H](Nc1nc(=O)n(C)c2ccc(Nc3ccnc(Cl)c3C#N)cc12)C1CC1. The second-order valence-electron chi connectivity index (χ2n) is 7.07. The topological polar surface area (TPSA) is 95.6 Å². The first kappa shape index (κ1) is 18.3. The fourth-order valence-electron chi connectivity index (χ4n) is 3.27. The lowest BCUT2D eigenvalue weighted by Crippen LogP contribution is -2.25. The van der Waals surface area contributed by atoms with Gasteiger partial charge in [-0.1, -0.05) is 11.6 Å². The molecule has 2 N–H and O–H groups in total. The minimum absolute atomic E-state index is 0.151. The van der Waals surface area contributed by atoms with E-state index in [1.165, 1.54) is 17.4 Å². The highest BCUT2D eigenvalue weighted by Gasteiger charge is 2.28. The molecular formula is C20H19ClN6O. The molecule has 1 aromatic carbocycles. The number of rotatable bonds is 5. The average Bonchev–Trinajstić information content (AvgIpc) is 3.51. The smallest absolute Gasteiger partial charge is 0.349 e. The van der Waals surface area contributed by atoms with E-state index >= 15 is 0 Å². The number of hydrogen-bond acceptors (Lipinski definition) is 6. The molecule has 8 heteroatoms. The van der Waals surface area contributed by atoms with E-state index < -0.39 is 0 Å². The summed E-state index contributed by atoms with van der Waals surface area (Å²) in [6.45, 7) is 2.11. The molecule has 1 atom stereocenters. The van der Waals surface area contributed by atoms with Gasteiger partial charge in [0.25, 0.3) is 0 Å². The number of hydrogen-bond donors (Lipinski definition) is 2. The Kier molecular flexibility index (Phi) is 4.65. The van der Waals surface area contributed by atoms with Crippen LogP contribution in [0.2, 0.25) is 5.15 Å². The predicted molar refractivity (Wildman–Crippen MR) is 110 cm³/mol. The summed E-state index contributed by atoms with van der Waals surface area (Å²) >= 11 is 6.02. The second kappa shape index (κ2) is 7.13. The highest BCUT2D eigenvalue weighted by molar-refractivity contribution is 6.31. The van der Waals surface area contributed by atoms with Gasteiger partial charge in [0, 0.05) is 30.4 Å². The van der Waals surface area contributed by atoms with Gasteiger partial charge in [0.1, 0.15) is 22.6 Å². The predicted octanol–water partition coefficient (Wildman–Crippen LogP) is 3.81. The first-order valence-electron chi connectivity index (χ1n) is 9.07. The quantitative estimate of drug-likeness (QED) is 0.639. The van der Waals surface area contributed by atoms with E-state index in [2.05, 4.69) is 33.6 Å². The summed E-state index contributed by atoms with van der Waals surface area (Å²) < 4.78 is 1.52. The molecule has 142 valence electrons. The molecule has 7 nitrogen and oxygen atoms in total. The number of aryl methyl sites for hydroxylation is 1. The monoisotopic (exact) mass is 394 g/mol. The highest BCUT2D eigenvalue weighted by atomic mass is 35.5. The molecule has 1 aliphatic rings. The molecule has 28 heavy (non-hydrogen) atoms. The minimum atomic E-state index is -0.300. The molecule has 0 spiro atoms. The van der Waals surface area contributed by atoms with Crippen LogP contribution in [0.1, 0.15) is 25.3 Å². The van der Waals surface area contributed by atoms with Gasteiger partial charge < -0.3 is 10.6 Å². The Balaban J connectivity index is 1.77. The van der Waals surface area contributed by atoms with Crippen LogP contribution in [-0.2, 0) is 7.05 Å². The fraction of sp³-hybridized carbons (Fsp3) is 0.300. The number of nitriles is 1. The normalized spacial score (nSPS) is 14.5. The van der Waals surface area contributed by atoms with Gasteiger partial charge in [-0.3, -0.25) is 4.57 Å². The molecule has 0 radical (unpaired) electrons. The standard InChI is InChI=1S/C20H19ClN6O/c1-11(12-3-4-12)24-19-14-9-13(5-6-17(14)27(2)20(28)26-19)25-16-7-8-23-18(21)15(16)10-22/h5-9,11-12H,3-4H2,1-2H3,(H,23,25)(H,24,26,28)/t11-/m1/s1. The van der Waals surface area contributed by atoms with Crippen LogP contribution in [0.25, 0.3) is 10.9 Å². The molecule has 2 aromatic heterocycles. The molecule has 0 saturated heterocycles. The summed E-state index contributed by atoms with van der Waals surface area (Å²) in [7, 11) is 1.70. The first-order chi connectivity index (χ1) is 13.5. The minimum Gasteiger partial charge on any atom is -0.367 e. The Bertz CT molecular complexity index is 1160. The van der Waals surface area contributed by atoms with Gasteiger partial charge in [-0.15, -0.1) is 0 Å². The maximum atomic E-state index is 12.3. The Morgan fingerprint density at radius 3 is 2.86 bits per heavy atom. The van der Waals surface area contributed by atoms with Crippen LogP contribution in [0.4, 0.5) is 17.2 Å². The van der Waals surface area contributed by atoms with Gasteiger partial charge in [-0.25, -0.2) is 9.78 Å². The largest absolute Gasteiger partial charge is 0.367 e. The maximum absolute atomic E-state index is 12.3. The number of pyridine rings is 1. The van der Waals surface area contributed by atoms with Crippen LogP contribution in [0.15, 0.2) is 35.3 Å². The molecule has 1 saturated carbocycles. The van der Waals surface area contributed by atoms with E-state index in [4.69, 9.17) is 11.6 Å². The third-order valence-corrected chi connectivity index (χ3v) is 5.38. The summed E-state index contributed by atoms with van der Waals surface area (Å²) in [5.41, 5.74) is 2.09. The van der Waals surface area contributed by atoms with Gasteiger partial charge in [0.05, 0.1) is 11.2 Å². The van der Waals surface area contributed by atoms with Crippen molar-refractivity contribution in [3.63, 3.8) is 0 Å². The van der Waals surface area contributed by atoms with Gasteiger partial charge in [-0.05, 0) is 49.9 Å². The summed E-state index contributed by atoms with van der Waals surface area (Å²) in [4.78, 5) is 20.4. The van der Waals surface area contributed by atoms with Gasteiger partial charge >= 0.3 is 5.69 Å². The number of nitrogens with one attached hydrogen (secondary N) is 2. The third-order valence-electron chi connectivity index (χ3n) is 5.10. The summed E-state index contributed by atoms with van der Waals surface area (Å²) in [5, 5.41) is 16.9. The fourth-order valence-corrected chi connectivity index (χ4v) is 3.47. The van der Waals surface area contributed by atoms with Gasteiger partial charge in [-0.2, -0.15) is 10.2 Å². The van der Waals surface area contributed by atoms with E-state index in [0.717, 1.165) is 16.6 Å². The van der Waals surface area contributed by atoms with Crippen LogP contribution >= 0.6 is 11.6 Å². The lowest BCUT2D eigenvalue weighted by atomic mass is 10.1. The molecule has 0 bridgehead atoms. The van der Waals surface area contributed by atoms with Crippen molar-refractivity contribution in [2.45, 2.75) is 25.8 Å². The number of aromatic nitrogens is 3. The number of nitrogens with zero attached hydrogens (tertiary/aromatic N) is 4. The van der Waals surface area contributed by atoms with Crippen LogP contribution in [-0.4, -0.2) is 20.6 Å². The molecule has 3 aromatic rings. The molecule has 0 unspecified atom stereocenters. The lowest BCUT2D eigenvalue weighted by Gasteiger charge is -2.17. The Hall–Kier alpha value is -3.11. The van der Waals surface area contributed by atoms with Crippen molar-refractivity contribution in [1.82, 2.24) is 14.5 Å². The van der Waals surface area contributed by atoms with Crippen LogP contribution in [0, 0.1) is 17.2 Å². The van der Waals surface area contributed by atoms with Crippen molar-refractivity contribution in [1.29, 1.82) is 5.26 Å². The zero-order valence-corrected chi connectivity index (χ0v) is 16.3. The van der Waals surface area contributed by atoms with E-state index in [-0.39, 0.29) is 22.4 Å². The van der Waals surface area contributed by atoms with Crippen LogP contribution in [0.5, 0.6) is 0 Å². The summed E-state index contributed by atoms with van der Waals surface area (Å²) in [6.07, 6.45) is 3.94. The maximum Gasteiger partial charge on any atom is 0.349 e. The Morgan fingerprint density at radius 2 is 2.14 bits per heavy atom. The zero-order valence-electron chi connectivity index (χ0n) is 15.5. The van der Waals surface area contributed by atoms with Crippen LogP contribution < -0.4 is 16.3 Å². The molecule has 2 heterocycles. The van der Waals surface area contributed by atoms with Crippen molar-refractivity contribution in [2.24, 2.45) is 13.0 Å². The summed E-state index contributed by atoms with van der Waals surface area (Å²) in [6, 6.07) is 9.65. The highest BCUT2D eigenvalue weighted by Crippen LogP contribution is 2.35. The van der Waals surface area contributed by atoms with E-state index in [1.54, 1.807) is 19.3 Å². The molecule has 1 aliphatic carbocycles. The summed E-state index contributed by atoms with van der Waals surface area (Å²) in [5.74, 6) is 1.20.